The Labute approximate surface area is 104 Å². The molecular formula is C15H21NO. The van der Waals surface area contributed by atoms with E-state index in [9.17, 15) is 4.79 Å². The number of hydrogen-bond donors (Lipinski definition) is 0. The topological polar surface area (TPSA) is 20.3 Å². The lowest BCUT2D eigenvalue weighted by Gasteiger charge is -2.38. The Balaban J connectivity index is 2.47. The number of carbonyl (C=O) groups is 1. The van der Waals surface area contributed by atoms with E-state index >= 15 is 0 Å². The van der Waals surface area contributed by atoms with Crippen LogP contribution in [0.1, 0.15) is 44.7 Å². The van der Waals surface area contributed by atoms with Crippen molar-refractivity contribution >= 4 is 5.91 Å². The first-order valence-electron chi connectivity index (χ1n) is 6.40. The summed E-state index contributed by atoms with van der Waals surface area (Å²) in [7, 11) is 0. The quantitative estimate of drug-likeness (QED) is 0.765. The van der Waals surface area contributed by atoms with E-state index in [0.29, 0.717) is 5.92 Å². The highest BCUT2D eigenvalue weighted by Crippen LogP contribution is 2.35. The molecule has 1 atom stereocenters. The van der Waals surface area contributed by atoms with E-state index in [1.165, 1.54) is 11.1 Å². The highest BCUT2D eigenvalue weighted by atomic mass is 16.2. The zero-order valence-electron chi connectivity index (χ0n) is 11.1. The average Bonchev–Trinajstić information content (AvgIpc) is 2.27. The molecule has 0 aliphatic carbocycles. The van der Waals surface area contributed by atoms with E-state index in [1.807, 2.05) is 11.0 Å². The van der Waals surface area contributed by atoms with Crippen LogP contribution in [0.25, 0.3) is 0 Å². The number of benzene rings is 1. The number of carbonyl (C=O) groups excluding carboxylic acids is 1. The molecule has 0 spiro atoms. The number of amides is 1. The summed E-state index contributed by atoms with van der Waals surface area (Å²) < 4.78 is 0. The Kier molecular flexibility index (Phi) is 3.23. The van der Waals surface area contributed by atoms with E-state index in [-0.39, 0.29) is 17.9 Å². The lowest BCUT2D eigenvalue weighted by Crippen LogP contribution is -2.44. The molecule has 0 N–H and O–H groups in total. The van der Waals surface area contributed by atoms with Gasteiger partial charge in [0.05, 0.1) is 5.92 Å². The SMILES string of the molecule is CC(C)C1C(=O)N(C(C)C)Cc2ccccc21. The molecule has 1 aromatic carbocycles. The van der Waals surface area contributed by atoms with E-state index in [2.05, 4.69) is 45.9 Å². The van der Waals surface area contributed by atoms with Crippen molar-refractivity contribution in [2.45, 2.75) is 46.2 Å². The maximum atomic E-state index is 12.5. The standard InChI is InChI=1S/C15H21NO/c1-10(2)14-13-8-6-5-7-12(13)9-16(11(3)4)15(14)17/h5-8,10-11,14H,9H2,1-4H3. The van der Waals surface area contributed by atoms with Crippen molar-refractivity contribution in [1.29, 1.82) is 0 Å². The van der Waals surface area contributed by atoms with Crippen molar-refractivity contribution in [1.82, 2.24) is 4.90 Å². The molecule has 0 radical (unpaired) electrons. The van der Waals surface area contributed by atoms with Gasteiger partial charge in [-0.05, 0) is 30.9 Å². The minimum atomic E-state index is 0.0300. The second kappa shape index (κ2) is 4.52. The molecule has 0 fully saturated rings. The number of hydrogen-bond acceptors (Lipinski definition) is 1. The molecule has 17 heavy (non-hydrogen) atoms. The van der Waals surface area contributed by atoms with Crippen molar-refractivity contribution in [3.63, 3.8) is 0 Å². The summed E-state index contributed by atoms with van der Waals surface area (Å²) in [6.07, 6.45) is 0. The summed E-state index contributed by atoms with van der Waals surface area (Å²) in [5.74, 6) is 0.668. The van der Waals surface area contributed by atoms with Gasteiger partial charge in [-0.1, -0.05) is 38.1 Å². The van der Waals surface area contributed by atoms with Crippen molar-refractivity contribution < 1.29 is 4.79 Å². The summed E-state index contributed by atoms with van der Waals surface area (Å²) in [4.78, 5) is 14.5. The molecule has 2 heteroatoms. The first-order chi connectivity index (χ1) is 8.02. The minimum absolute atomic E-state index is 0.0300. The van der Waals surface area contributed by atoms with Crippen LogP contribution in [-0.4, -0.2) is 16.8 Å². The third-order valence-electron chi connectivity index (χ3n) is 3.57. The third kappa shape index (κ3) is 2.08. The molecule has 1 aliphatic heterocycles. The fourth-order valence-electron chi connectivity index (χ4n) is 2.64. The van der Waals surface area contributed by atoms with Crippen molar-refractivity contribution in [3.8, 4) is 0 Å². The van der Waals surface area contributed by atoms with Crippen LogP contribution in [0.15, 0.2) is 24.3 Å². The molecule has 0 saturated heterocycles. The van der Waals surface area contributed by atoms with E-state index in [1.54, 1.807) is 0 Å². The normalized spacial score (nSPS) is 20.0. The molecule has 1 aliphatic rings. The monoisotopic (exact) mass is 231 g/mol. The van der Waals surface area contributed by atoms with Gasteiger partial charge < -0.3 is 4.90 Å². The van der Waals surface area contributed by atoms with Gasteiger partial charge in [-0.25, -0.2) is 0 Å². The molecule has 1 aromatic rings. The van der Waals surface area contributed by atoms with Gasteiger partial charge in [-0.2, -0.15) is 0 Å². The predicted octanol–water partition coefficient (Wildman–Crippen LogP) is 3.18. The van der Waals surface area contributed by atoms with Gasteiger partial charge in [0.2, 0.25) is 5.91 Å². The summed E-state index contributed by atoms with van der Waals surface area (Å²) in [6, 6.07) is 8.62. The summed E-state index contributed by atoms with van der Waals surface area (Å²) in [5.41, 5.74) is 2.53. The molecule has 2 rings (SSSR count). The van der Waals surface area contributed by atoms with Crippen LogP contribution in [0.2, 0.25) is 0 Å². The largest absolute Gasteiger partial charge is 0.335 e. The Morgan fingerprint density at radius 2 is 1.82 bits per heavy atom. The van der Waals surface area contributed by atoms with Crippen molar-refractivity contribution in [3.05, 3.63) is 35.4 Å². The molecule has 2 nitrogen and oxygen atoms in total. The molecule has 0 aromatic heterocycles. The van der Waals surface area contributed by atoms with Gasteiger partial charge in [0.15, 0.2) is 0 Å². The van der Waals surface area contributed by atoms with Gasteiger partial charge in [0, 0.05) is 12.6 Å². The van der Waals surface area contributed by atoms with Crippen LogP contribution in [0.5, 0.6) is 0 Å². The van der Waals surface area contributed by atoms with Crippen LogP contribution >= 0.6 is 0 Å². The van der Waals surface area contributed by atoms with Crippen LogP contribution in [0, 0.1) is 5.92 Å². The van der Waals surface area contributed by atoms with Crippen LogP contribution < -0.4 is 0 Å². The molecule has 1 unspecified atom stereocenters. The summed E-state index contributed by atoms with van der Waals surface area (Å²) >= 11 is 0. The average molecular weight is 231 g/mol. The second-order valence-corrected chi connectivity index (χ2v) is 5.48. The smallest absolute Gasteiger partial charge is 0.230 e. The Bertz CT molecular complexity index is 423. The first kappa shape index (κ1) is 12.2. The van der Waals surface area contributed by atoms with Crippen molar-refractivity contribution in [2.24, 2.45) is 5.92 Å². The van der Waals surface area contributed by atoms with Gasteiger partial charge in [0.1, 0.15) is 0 Å². The number of rotatable bonds is 2. The highest BCUT2D eigenvalue weighted by Gasteiger charge is 2.35. The van der Waals surface area contributed by atoms with Gasteiger partial charge in [-0.3, -0.25) is 4.79 Å². The zero-order chi connectivity index (χ0) is 12.6. The predicted molar refractivity (Wildman–Crippen MR) is 69.7 cm³/mol. The maximum Gasteiger partial charge on any atom is 0.230 e. The third-order valence-corrected chi connectivity index (χ3v) is 3.57. The fourth-order valence-corrected chi connectivity index (χ4v) is 2.64. The molecule has 1 amide bonds. The van der Waals surface area contributed by atoms with Gasteiger partial charge in [0.25, 0.3) is 0 Å². The molecular weight excluding hydrogens is 210 g/mol. The van der Waals surface area contributed by atoms with E-state index < -0.39 is 0 Å². The van der Waals surface area contributed by atoms with E-state index in [4.69, 9.17) is 0 Å². The highest BCUT2D eigenvalue weighted by molar-refractivity contribution is 5.86. The van der Waals surface area contributed by atoms with Crippen molar-refractivity contribution in [2.75, 3.05) is 0 Å². The van der Waals surface area contributed by atoms with Crippen LogP contribution in [0.4, 0.5) is 0 Å². The van der Waals surface area contributed by atoms with E-state index in [0.717, 1.165) is 6.54 Å². The Morgan fingerprint density at radius 3 is 2.41 bits per heavy atom. The first-order valence-corrected chi connectivity index (χ1v) is 6.40. The Hall–Kier alpha value is -1.31. The van der Waals surface area contributed by atoms with Gasteiger partial charge >= 0.3 is 0 Å². The second-order valence-electron chi connectivity index (χ2n) is 5.48. The lowest BCUT2D eigenvalue weighted by molar-refractivity contribution is -0.137. The molecule has 92 valence electrons. The number of fused-ring (bicyclic) bond motifs is 1. The minimum Gasteiger partial charge on any atom is -0.335 e. The molecule has 0 bridgehead atoms. The zero-order valence-corrected chi connectivity index (χ0v) is 11.1. The lowest BCUT2D eigenvalue weighted by atomic mass is 9.81. The van der Waals surface area contributed by atoms with Gasteiger partial charge in [-0.15, -0.1) is 0 Å². The summed E-state index contributed by atoms with van der Waals surface area (Å²) in [6.45, 7) is 9.19. The number of nitrogens with zero attached hydrogens (tertiary/aromatic N) is 1. The maximum absolute atomic E-state index is 12.5. The molecule has 0 saturated carbocycles. The molecule has 1 heterocycles. The fraction of sp³-hybridized carbons (Fsp3) is 0.533. The Morgan fingerprint density at radius 1 is 1.18 bits per heavy atom. The van der Waals surface area contributed by atoms with Crippen LogP contribution in [0.3, 0.4) is 0 Å². The van der Waals surface area contributed by atoms with Crippen LogP contribution in [-0.2, 0) is 11.3 Å². The summed E-state index contributed by atoms with van der Waals surface area (Å²) in [5, 5.41) is 0.